The number of benzene rings is 2. The Morgan fingerprint density at radius 1 is 0.939 bits per heavy atom. The van der Waals surface area contributed by atoms with Crippen LogP contribution < -0.4 is 10.6 Å². The summed E-state index contributed by atoms with van der Waals surface area (Å²) in [7, 11) is 0. The van der Waals surface area contributed by atoms with Crippen LogP contribution in [0.3, 0.4) is 0 Å². The number of ether oxygens (including phenoxy) is 1. The van der Waals surface area contributed by atoms with Crippen LogP contribution in [0.25, 0.3) is 0 Å². The Balaban J connectivity index is 1.46. The van der Waals surface area contributed by atoms with Crippen molar-refractivity contribution < 1.29 is 14.3 Å². The fourth-order valence-electron chi connectivity index (χ4n) is 3.99. The van der Waals surface area contributed by atoms with Crippen molar-refractivity contribution in [1.29, 1.82) is 0 Å². The average molecular weight is 464 g/mol. The lowest BCUT2D eigenvalue weighted by molar-refractivity contribution is -0.123. The van der Waals surface area contributed by atoms with Crippen LogP contribution in [-0.4, -0.2) is 55.6 Å². The third-order valence-corrected chi connectivity index (χ3v) is 6.74. The summed E-state index contributed by atoms with van der Waals surface area (Å²) < 4.78 is 5.51. The van der Waals surface area contributed by atoms with Crippen LogP contribution in [0.5, 0.6) is 0 Å². The van der Waals surface area contributed by atoms with Gasteiger partial charge < -0.3 is 15.4 Å². The minimum atomic E-state index is -0.672. The first-order chi connectivity index (χ1) is 16.2. The van der Waals surface area contributed by atoms with E-state index in [2.05, 4.69) is 27.0 Å². The summed E-state index contributed by atoms with van der Waals surface area (Å²) in [5.74, 6) is -0.437. The van der Waals surface area contributed by atoms with Crippen molar-refractivity contribution >= 4 is 23.2 Å². The second-order valence-corrected chi connectivity index (χ2v) is 8.99. The van der Waals surface area contributed by atoms with E-state index in [0.717, 1.165) is 18.7 Å². The molecule has 0 bridgehead atoms. The second kappa shape index (κ2) is 11.7. The molecule has 0 aliphatic carbocycles. The molecule has 1 fully saturated rings. The molecule has 2 aromatic carbocycles. The van der Waals surface area contributed by atoms with E-state index in [1.54, 1.807) is 23.5 Å². The van der Waals surface area contributed by atoms with Crippen LogP contribution in [0.4, 0.5) is 0 Å². The van der Waals surface area contributed by atoms with Gasteiger partial charge in [0.25, 0.3) is 5.91 Å². The number of nitrogens with zero attached hydrogens (tertiary/aromatic N) is 1. The van der Waals surface area contributed by atoms with Crippen LogP contribution in [-0.2, 0) is 16.0 Å². The smallest absolute Gasteiger partial charge is 0.251 e. The zero-order valence-corrected chi connectivity index (χ0v) is 19.3. The maximum absolute atomic E-state index is 13.3. The molecule has 0 spiro atoms. The van der Waals surface area contributed by atoms with Gasteiger partial charge in [0.2, 0.25) is 5.91 Å². The summed E-state index contributed by atoms with van der Waals surface area (Å²) in [6.07, 6.45) is 0.423. The second-order valence-electron chi connectivity index (χ2n) is 8.01. The van der Waals surface area contributed by atoms with Crippen LogP contribution in [0, 0.1) is 0 Å². The number of rotatable bonds is 9. The van der Waals surface area contributed by atoms with Gasteiger partial charge >= 0.3 is 0 Å². The number of carbonyl (C=O) groups is 2. The van der Waals surface area contributed by atoms with E-state index in [4.69, 9.17) is 4.74 Å². The Bertz CT molecular complexity index is 1010. The molecule has 0 unspecified atom stereocenters. The lowest BCUT2D eigenvalue weighted by Gasteiger charge is -2.34. The molecule has 3 aromatic rings. The number of thiophene rings is 1. The lowest BCUT2D eigenvalue weighted by Crippen LogP contribution is -2.50. The maximum atomic E-state index is 13.3. The molecule has 0 radical (unpaired) electrons. The van der Waals surface area contributed by atoms with Gasteiger partial charge in [-0.2, -0.15) is 0 Å². The van der Waals surface area contributed by atoms with E-state index in [1.165, 1.54) is 4.88 Å². The summed E-state index contributed by atoms with van der Waals surface area (Å²) in [6, 6.07) is 22.3. The molecule has 2 amide bonds. The standard InChI is InChI=1S/C26H29N3O3S/c30-25(21-10-5-2-6-11-21)28-22(18-20-8-3-1-4-9-20)26(31)27-19-23(24-12-7-17-33-24)29-13-15-32-16-14-29/h1-12,17,22-23H,13-16,18-19H2,(H,27,31)(H,28,30)/t22-,23+/m1/s1. The molecule has 4 rings (SSSR count). The summed E-state index contributed by atoms with van der Waals surface area (Å²) in [5.41, 5.74) is 1.53. The molecule has 1 aliphatic rings. The van der Waals surface area contributed by atoms with Crippen molar-refractivity contribution in [3.63, 3.8) is 0 Å². The van der Waals surface area contributed by atoms with Gasteiger partial charge in [0, 0.05) is 36.5 Å². The molecule has 33 heavy (non-hydrogen) atoms. The molecule has 2 atom stereocenters. The molecule has 172 valence electrons. The van der Waals surface area contributed by atoms with Gasteiger partial charge in [-0.25, -0.2) is 0 Å². The predicted molar refractivity (Wildman–Crippen MR) is 130 cm³/mol. The fraction of sp³-hybridized carbons (Fsp3) is 0.308. The summed E-state index contributed by atoms with van der Waals surface area (Å²) in [5, 5.41) is 8.11. The lowest BCUT2D eigenvalue weighted by atomic mass is 10.0. The topological polar surface area (TPSA) is 70.7 Å². The van der Waals surface area contributed by atoms with E-state index in [0.29, 0.717) is 31.7 Å². The Morgan fingerprint density at radius 2 is 1.64 bits per heavy atom. The van der Waals surface area contributed by atoms with Crippen LogP contribution in [0.15, 0.2) is 78.2 Å². The Labute approximate surface area is 198 Å². The highest BCUT2D eigenvalue weighted by Gasteiger charge is 2.27. The fourth-order valence-corrected chi connectivity index (χ4v) is 4.85. The highest BCUT2D eigenvalue weighted by Crippen LogP contribution is 2.25. The van der Waals surface area contributed by atoms with Crippen LogP contribution in [0.2, 0.25) is 0 Å². The van der Waals surface area contributed by atoms with Crippen molar-refractivity contribution in [3.8, 4) is 0 Å². The Kier molecular flexibility index (Phi) is 8.24. The predicted octanol–water partition coefficient (Wildman–Crippen LogP) is 3.28. The van der Waals surface area contributed by atoms with Crippen LogP contribution >= 0.6 is 11.3 Å². The van der Waals surface area contributed by atoms with Gasteiger partial charge in [0.1, 0.15) is 6.04 Å². The molecule has 6 nitrogen and oxygen atoms in total. The molecule has 2 heterocycles. The normalized spacial score (nSPS) is 16.0. The third kappa shape index (κ3) is 6.51. The largest absolute Gasteiger partial charge is 0.379 e. The Morgan fingerprint density at radius 3 is 2.30 bits per heavy atom. The summed E-state index contributed by atoms with van der Waals surface area (Å²) in [4.78, 5) is 29.7. The molecular weight excluding hydrogens is 434 g/mol. The van der Waals surface area contributed by atoms with Gasteiger partial charge in [0.15, 0.2) is 0 Å². The van der Waals surface area contributed by atoms with E-state index in [9.17, 15) is 9.59 Å². The maximum Gasteiger partial charge on any atom is 0.251 e. The quantitative estimate of drug-likeness (QED) is 0.511. The minimum Gasteiger partial charge on any atom is -0.379 e. The highest BCUT2D eigenvalue weighted by atomic mass is 32.1. The van der Waals surface area contributed by atoms with Crippen molar-refractivity contribution in [2.45, 2.75) is 18.5 Å². The van der Waals surface area contributed by atoms with E-state index in [1.807, 2.05) is 54.6 Å². The van der Waals surface area contributed by atoms with Crippen LogP contribution in [0.1, 0.15) is 26.8 Å². The summed E-state index contributed by atoms with van der Waals surface area (Å²) >= 11 is 1.69. The first-order valence-electron chi connectivity index (χ1n) is 11.2. The van der Waals surface area contributed by atoms with Gasteiger partial charge in [-0.15, -0.1) is 11.3 Å². The molecular formula is C26H29N3O3S. The average Bonchev–Trinajstić information content (AvgIpc) is 3.40. The number of hydrogen-bond donors (Lipinski definition) is 2. The first kappa shape index (κ1) is 23.2. The number of hydrogen-bond acceptors (Lipinski definition) is 5. The number of carbonyl (C=O) groups excluding carboxylic acids is 2. The SMILES string of the molecule is O=C(N[C@H](Cc1ccccc1)C(=O)NC[C@@H](c1cccs1)N1CCOCC1)c1ccccc1. The Hall–Kier alpha value is -3.00. The van der Waals surface area contributed by atoms with E-state index >= 15 is 0 Å². The van der Waals surface area contributed by atoms with E-state index < -0.39 is 6.04 Å². The van der Waals surface area contributed by atoms with Crippen molar-refractivity contribution in [1.82, 2.24) is 15.5 Å². The van der Waals surface area contributed by atoms with Crippen molar-refractivity contribution in [2.75, 3.05) is 32.8 Å². The molecule has 0 saturated carbocycles. The molecule has 1 aromatic heterocycles. The number of amides is 2. The molecule has 1 saturated heterocycles. The van der Waals surface area contributed by atoms with Crippen molar-refractivity contribution in [2.24, 2.45) is 0 Å². The molecule has 1 aliphatic heterocycles. The zero-order chi connectivity index (χ0) is 22.9. The first-order valence-corrected chi connectivity index (χ1v) is 12.1. The third-order valence-electron chi connectivity index (χ3n) is 5.77. The molecule has 7 heteroatoms. The van der Waals surface area contributed by atoms with Crippen molar-refractivity contribution in [3.05, 3.63) is 94.2 Å². The molecule has 2 N–H and O–H groups in total. The minimum absolute atomic E-state index is 0.0834. The number of morpholine rings is 1. The van der Waals surface area contributed by atoms with Gasteiger partial charge in [-0.05, 0) is 29.1 Å². The number of nitrogens with one attached hydrogen (secondary N) is 2. The summed E-state index contributed by atoms with van der Waals surface area (Å²) in [6.45, 7) is 3.53. The highest BCUT2D eigenvalue weighted by molar-refractivity contribution is 7.10. The van der Waals surface area contributed by atoms with E-state index in [-0.39, 0.29) is 17.9 Å². The van der Waals surface area contributed by atoms with Gasteiger partial charge in [0.05, 0.1) is 19.3 Å². The zero-order valence-electron chi connectivity index (χ0n) is 18.5. The monoisotopic (exact) mass is 463 g/mol. The van der Waals surface area contributed by atoms with Gasteiger partial charge in [-0.1, -0.05) is 54.6 Å². The van der Waals surface area contributed by atoms with Gasteiger partial charge in [-0.3, -0.25) is 14.5 Å².